The number of carboxylic acids is 1. The molecule has 2 heterocycles. The number of amides is 1. The normalized spacial score (nSPS) is 14.6. The zero-order valence-corrected chi connectivity index (χ0v) is 16.9. The van der Waals surface area contributed by atoms with Crippen molar-refractivity contribution in [2.45, 2.75) is 6.04 Å². The Bertz CT molecular complexity index is 1150. The van der Waals surface area contributed by atoms with Gasteiger partial charge in [-0.05, 0) is 29.1 Å². The van der Waals surface area contributed by atoms with Gasteiger partial charge in [0.05, 0.1) is 5.56 Å². The van der Waals surface area contributed by atoms with Crippen molar-refractivity contribution >= 4 is 35.1 Å². The number of aliphatic carboxylic acids is 1. The van der Waals surface area contributed by atoms with E-state index in [9.17, 15) is 19.5 Å². The zero-order chi connectivity index (χ0) is 21.8. The number of nitrogens with one attached hydrogen (secondary N) is 1. The summed E-state index contributed by atoms with van der Waals surface area (Å²) in [6.45, 7) is -0.388. The molecular weight excluding hydrogens is 418 g/mol. The highest BCUT2D eigenvalue weighted by Crippen LogP contribution is 2.35. The Morgan fingerprint density at radius 2 is 1.94 bits per heavy atom. The summed E-state index contributed by atoms with van der Waals surface area (Å²) in [5, 5.41) is 13.7. The van der Waals surface area contributed by atoms with Crippen LogP contribution in [0.5, 0.6) is 11.5 Å². The fourth-order valence-corrected chi connectivity index (χ4v) is 3.69. The summed E-state index contributed by atoms with van der Waals surface area (Å²) in [6, 6.07) is 15.6. The Hall–Kier alpha value is -3.91. The van der Waals surface area contributed by atoms with Gasteiger partial charge in [-0.3, -0.25) is 9.59 Å². The lowest BCUT2D eigenvalue weighted by Gasteiger charge is -2.15. The Kier molecular flexibility index (Phi) is 5.81. The van der Waals surface area contributed by atoms with Crippen LogP contribution in [-0.4, -0.2) is 29.4 Å². The first kappa shape index (κ1) is 20.4. The molecule has 8 heteroatoms. The predicted octanol–water partition coefficient (Wildman–Crippen LogP) is 3.69. The Morgan fingerprint density at radius 1 is 1.13 bits per heavy atom. The molecule has 0 saturated carbocycles. The molecule has 1 aromatic heterocycles. The average molecular weight is 435 g/mol. The number of ether oxygens (including phenoxy) is 2. The highest BCUT2D eigenvalue weighted by atomic mass is 32.1. The van der Waals surface area contributed by atoms with Gasteiger partial charge in [0.1, 0.15) is 11.5 Å². The third-order valence-electron chi connectivity index (χ3n) is 4.51. The molecule has 7 nitrogen and oxygen atoms in total. The Morgan fingerprint density at radius 3 is 2.65 bits per heavy atom. The van der Waals surface area contributed by atoms with Crippen molar-refractivity contribution in [3.05, 3.63) is 87.8 Å². The molecule has 1 amide bonds. The number of thiophene rings is 1. The molecule has 0 unspecified atom stereocenters. The zero-order valence-electron chi connectivity index (χ0n) is 16.1. The van der Waals surface area contributed by atoms with Crippen LogP contribution >= 0.6 is 11.3 Å². The summed E-state index contributed by atoms with van der Waals surface area (Å²) in [7, 11) is 0. The topological polar surface area (TPSA) is 102 Å². The van der Waals surface area contributed by atoms with Crippen molar-refractivity contribution in [3.8, 4) is 11.5 Å². The van der Waals surface area contributed by atoms with Crippen LogP contribution in [0.4, 0.5) is 0 Å². The van der Waals surface area contributed by atoms with Crippen molar-refractivity contribution in [2.24, 2.45) is 0 Å². The standard InChI is InChI=1S/C23H17NO6S/c25-20(24-21(23(27)28)14-5-2-1-3-6-14)13-29-15-8-9-17-18(11-15)30-19(22(17)26)12-16-7-4-10-31-16/h1-12,21H,13H2,(H,24,25)(H,27,28)/b19-12-/t21-/m1/s1. The summed E-state index contributed by atoms with van der Waals surface area (Å²) >= 11 is 1.49. The van der Waals surface area contributed by atoms with Gasteiger partial charge in [-0.2, -0.15) is 0 Å². The van der Waals surface area contributed by atoms with E-state index in [4.69, 9.17) is 9.47 Å². The number of rotatable bonds is 7. The van der Waals surface area contributed by atoms with Gasteiger partial charge in [-0.1, -0.05) is 36.4 Å². The third kappa shape index (κ3) is 4.65. The van der Waals surface area contributed by atoms with E-state index in [1.165, 1.54) is 17.4 Å². The number of fused-ring (bicyclic) bond motifs is 1. The van der Waals surface area contributed by atoms with Crippen molar-refractivity contribution in [1.82, 2.24) is 5.32 Å². The fraction of sp³-hybridized carbons (Fsp3) is 0.0870. The smallest absolute Gasteiger partial charge is 0.330 e. The molecule has 0 fully saturated rings. The minimum atomic E-state index is -1.18. The second kappa shape index (κ2) is 8.85. The number of Topliss-reactive ketones (excluding diaryl/α,β-unsaturated/α-hetero) is 1. The predicted molar refractivity (Wildman–Crippen MR) is 114 cm³/mol. The van der Waals surface area contributed by atoms with Gasteiger partial charge in [0.15, 0.2) is 18.4 Å². The van der Waals surface area contributed by atoms with E-state index in [0.717, 1.165) is 4.88 Å². The first-order valence-electron chi connectivity index (χ1n) is 9.33. The van der Waals surface area contributed by atoms with Gasteiger partial charge in [0.25, 0.3) is 5.91 Å². The maximum atomic E-state index is 12.5. The number of allylic oxidation sites excluding steroid dienone is 1. The second-order valence-electron chi connectivity index (χ2n) is 6.65. The Labute approximate surface area is 181 Å². The Balaban J connectivity index is 1.40. The number of benzene rings is 2. The third-order valence-corrected chi connectivity index (χ3v) is 5.33. The van der Waals surface area contributed by atoms with E-state index >= 15 is 0 Å². The number of ketones is 1. The summed E-state index contributed by atoms with van der Waals surface area (Å²) in [5.41, 5.74) is 0.868. The SMILES string of the molecule is O=C(COc1ccc2c(c1)O/C(=C\c1cccs1)C2=O)N[C@@H](C(=O)O)c1ccccc1. The molecule has 0 bridgehead atoms. The minimum absolute atomic E-state index is 0.222. The lowest BCUT2D eigenvalue weighted by molar-refractivity contribution is -0.142. The van der Waals surface area contributed by atoms with E-state index in [1.54, 1.807) is 48.5 Å². The molecular formula is C23H17NO6S. The second-order valence-corrected chi connectivity index (χ2v) is 7.63. The van der Waals surface area contributed by atoms with Gasteiger partial charge in [0.2, 0.25) is 5.78 Å². The first-order chi connectivity index (χ1) is 15.0. The number of carboxylic acid groups (broad SMARTS) is 1. The molecule has 0 spiro atoms. The van der Waals surface area contributed by atoms with Crippen LogP contribution in [0.25, 0.3) is 6.08 Å². The number of carbonyl (C=O) groups is 3. The van der Waals surface area contributed by atoms with Gasteiger partial charge < -0.3 is 19.9 Å². The van der Waals surface area contributed by atoms with Crippen LogP contribution in [0.3, 0.4) is 0 Å². The average Bonchev–Trinajstić information content (AvgIpc) is 3.39. The van der Waals surface area contributed by atoms with E-state index in [1.807, 2.05) is 17.5 Å². The van der Waals surface area contributed by atoms with Gasteiger partial charge in [-0.25, -0.2) is 4.79 Å². The molecule has 1 aliphatic heterocycles. The quantitative estimate of drug-likeness (QED) is 0.549. The fourth-order valence-electron chi connectivity index (χ4n) is 3.04. The molecule has 0 saturated heterocycles. The molecule has 3 aromatic rings. The number of carbonyl (C=O) groups excluding carboxylic acids is 2. The number of hydrogen-bond donors (Lipinski definition) is 2. The van der Waals surface area contributed by atoms with Crippen molar-refractivity contribution < 1.29 is 29.0 Å². The summed E-state index contributed by atoms with van der Waals surface area (Å²) in [5.74, 6) is -1.09. The largest absolute Gasteiger partial charge is 0.484 e. The van der Waals surface area contributed by atoms with E-state index in [-0.39, 0.29) is 18.1 Å². The molecule has 2 aromatic carbocycles. The molecule has 31 heavy (non-hydrogen) atoms. The van der Waals surface area contributed by atoms with Gasteiger partial charge in [-0.15, -0.1) is 11.3 Å². The summed E-state index contributed by atoms with van der Waals surface area (Å²) in [6.07, 6.45) is 1.68. The molecule has 0 aliphatic carbocycles. The number of hydrogen-bond acceptors (Lipinski definition) is 6. The summed E-state index contributed by atoms with van der Waals surface area (Å²) < 4.78 is 11.1. The lowest BCUT2D eigenvalue weighted by atomic mass is 10.1. The van der Waals surface area contributed by atoms with Crippen LogP contribution in [0.15, 0.2) is 71.8 Å². The van der Waals surface area contributed by atoms with Crippen LogP contribution in [-0.2, 0) is 9.59 Å². The van der Waals surface area contributed by atoms with Crippen LogP contribution in [0.2, 0.25) is 0 Å². The summed E-state index contributed by atoms with van der Waals surface area (Å²) in [4.78, 5) is 37.1. The molecule has 0 radical (unpaired) electrons. The molecule has 4 rings (SSSR count). The van der Waals surface area contributed by atoms with Crippen LogP contribution in [0.1, 0.15) is 26.8 Å². The van der Waals surface area contributed by atoms with Gasteiger partial charge in [0, 0.05) is 17.0 Å². The first-order valence-corrected chi connectivity index (χ1v) is 10.2. The maximum Gasteiger partial charge on any atom is 0.330 e. The van der Waals surface area contributed by atoms with E-state index in [0.29, 0.717) is 22.6 Å². The van der Waals surface area contributed by atoms with Crippen molar-refractivity contribution in [2.75, 3.05) is 6.61 Å². The van der Waals surface area contributed by atoms with Crippen LogP contribution in [0, 0.1) is 0 Å². The highest BCUT2D eigenvalue weighted by Gasteiger charge is 2.28. The monoisotopic (exact) mass is 435 g/mol. The highest BCUT2D eigenvalue weighted by molar-refractivity contribution is 7.10. The van der Waals surface area contributed by atoms with Crippen molar-refractivity contribution in [3.63, 3.8) is 0 Å². The van der Waals surface area contributed by atoms with Crippen LogP contribution < -0.4 is 14.8 Å². The maximum absolute atomic E-state index is 12.5. The van der Waals surface area contributed by atoms with Gasteiger partial charge >= 0.3 is 5.97 Å². The van der Waals surface area contributed by atoms with Crippen molar-refractivity contribution in [1.29, 1.82) is 0 Å². The van der Waals surface area contributed by atoms with E-state index in [2.05, 4.69) is 5.32 Å². The van der Waals surface area contributed by atoms with E-state index < -0.39 is 17.9 Å². The minimum Gasteiger partial charge on any atom is -0.484 e. The molecule has 2 N–H and O–H groups in total. The molecule has 156 valence electrons. The molecule has 1 atom stereocenters. The molecule has 1 aliphatic rings. The lowest BCUT2D eigenvalue weighted by Crippen LogP contribution is -2.36.